The number of nitrogens with two attached hydrogens (primary N) is 1. The molecule has 8 heavy (non-hydrogen) atoms. The summed E-state index contributed by atoms with van der Waals surface area (Å²) in [5, 5.41) is 0. The Labute approximate surface area is 49.6 Å². The SMILES string of the molecule is CC=CC=CCON. The van der Waals surface area contributed by atoms with Crippen LogP contribution in [0.25, 0.3) is 0 Å². The largest absolute Gasteiger partial charge is 0.300 e. The van der Waals surface area contributed by atoms with E-state index in [1.807, 2.05) is 31.2 Å². The third-order valence-corrected chi connectivity index (χ3v) is 0.632. The molecule has 0 aromatic carbocycles. The Hall–Kier alpha value is -0.600. The van der Waals surface area contributed by atoms with Crippen LogP contribution in [0.3, 0.4) is 0 Å². The van der Waals surface area contributed by atoms with Crippen LogP contribution in [0.2, 0.25) is 0 Å². The van der Waals surface area contributed by atoms with Crippen molar-refractivity contribution in [2.75, 3.05) is 6.61 Å². The summed E-state index contributed by atoms with van der Waals surface area (Å²) in [5.41, 5.74) is 0. The van der Waals surface area contributed by atoms with Crippen LogP contribution in [-0.2, 0) is 4.84 Å². The third kappa shape index (κ3) is 5.40. The average molecular weight is 113 g/mol. The van der Waals surface area contributed by atoms with Crippen LogP contribution < -0.4 is 5.90 Å². The van der Waals surface area contributed by atoms with Gasteiger partial charge in [0.25, 0.3) is 0 Å². The van der Waals surface area contributed by atoms with Crippen LogP contribution in [0, 0.1) is 0 Å². The quantitative estimate of drug-likeness (QED) is 0.438. The topological polar surface area (TPSA) is 35.2 Å². The molecule has 0 heterocycles. The first-order valence-corrected chi connectivity index (χ1v) is 2.51. The first-order valence-electron chi connectivity index (χ1n) is 2.51. The van der Waals surface area contributed by atoms with Crippen molar-refractivity contribution in [2.45, 2.75) is 6.92 Å². The lowest BCUT2D eigenvalue weighted by atomic mass is 10.4. The van der Waals surface area contributed by atoms with Gasteiger partial charge in [0.1, 0.15) is 0 Å². The third-order valence-electron chi connectivity index (χ3n) is 0.632. The number of rotatable bonds is 3. The second kappa shape index (κ2) is 6.40. The molecule has 0 aliphatic carbocycles. The van der Waals surface area contributed by atoms with Crippen molar-refractivity contribution in [3.05, 3.63) is 24.3 Å². The minimum absolute atomic E-state index is 0.477. The van der Waals surface area contributed by atoms with Crippen LogP contribution in [-0.4, -0.2) is 6.61 Å². The summed E-state index contributed by atoms with van der Waals surface area (Å²) in [6.45, 7) is 2.43. The summed E-state index contributed by atoms with van der Waals surface area (Å²) < 4.78 is 0. The maximum absolute atomic E-state index is 4.74. The molecule has 0 aliphatic rings. The molecule has 0 unspecified atom stereocenters. The zero-order valence-electron chi connectivity index (χ0n) is 5.00. The van der Waals surface area contributed by atoms with Gasteiger partial charge in [0.05, 0.1) is 6.61 Å². The van der Waals surface area contributed by atoms with Gasteiger partial charge >= 0.3 is 0 Å². The minimum Gasteiger partial charge on any atom is -0.300 e. The molecule has 0 fully saturated rings. The van der Waals surface area contributed by atoms with Crippen molar-refractivity contribution in [3.8, 4) is 0 Å². The molecule has 0 atom stereocenters. The van der Waals surface area contributed by atoms with Crippen molar-refractivity contribution in [1.29, 1.82) is 0 Å². The van der Waals surface area contributed by atoms with E-state index in [1.54, 1.807) is 0 Å². The van der Waals surface area contributed by atoms with E-state index in [2.05, 4.69) is 4.84 Å². The van der Waals surface area contributed by atoms with Crippen LogP contribution >= 0.6 is 0 Å². The summed E-state index contributed by atoms with van der Waals surface area (Å²) in [6, 6.07) is 0. The Morgan fingerprint density at radius 2 is 2.25 bits per heavy atom. The van der Waals surface area contributed by atoms with E-state index < -0.39 is 0 Å². The maximum Gasteiger partial charge on any atom is 0.0863 e. The van der Waals surface area contributed by atoms with E-state index in [9.17, 15) is 0 Å². The van der Waals surface area contributed by atoms with E-state index in [0.29, 0.717) is 6.61 Å². The molecule has 2 nitrogen and oxygen atoms in total. The molecule has 46 valence electrons. The smallest absolute Gasteiger partial charge is 0.0863 e. The van der Waals surface area contributed by atoms with Gasteiger partial charge in [0, 0.05) is 0 Å². The molecule has 2 N–H and O–H groups in total. The van der Waals surface area contributed by atoms with Gasteiger partial charge in [-0.2, -0.15) is 0 Å². The van der Waals surface area contributed by atoms with Crippen molar-refractivity contribution >= 4 is 0 Å². The van der Waals surface area contributed by atoms with E-state index in [1.165, 1.54) is 0 Å². The molecule has 0 aromatic heterocycles. The van der Waals surface area contributed by atoms with Crippen LogP contribution in [0.1, 0.15) is 6.92 Å². The van der Waals surface area contributed by atoms with Crippen LogP contribution in [0.4, 0.5) is 0 Å². The molecule has 0 saturated carbocycles. The predicted molar refractivity (Wildman–Crippen MR) is 34.1 cm³/mol. The number of hydrogen-bond donors (Lipinski definition) is 1. The minimum atomic E-state index is 0.477. The second-order valence-corrected chi connectivity index (χ2v) is 1.29. The first-order chi connectivity index (χ1) is 3.91. The standard InChI is InChI=1S/C6H11NO/c1-2-3-4-5-6-8-7/h2-5H,6-7H2,1H3. The van der Waals surface area contributed by atoms with Gasteiger partial charge in [0.15, 0.2) is 0 Å². The zero-order valence-corrected chi connectivity index (χ0v) is 5.00. The van der Waals surface area contributed by atoms with E-state index in [4.69, 9.17) is 5.90 Å². The van der Waals surface area contributed by atoms with Crippen molar-refractivity contribution in [2.24, 2.45) is 5.90 Å². The van der Waals surface area contributed by atoms with Crippen LogP contribution in [0.15, 0.2) is 24.3 Å². The van der Waals surface area contributed by atoms with E-state index in [-0.39, 0.29) is 0 Å². The Balaban J connectivity index is 3.07. The lowest BCUT2D eigenvalue weighted by Gasteiger charge is -1.82. The molecule has 0 bridgehead atoms. The van der Waals surface area contributed by atoms with Gasteiger partial charge in [-0.3, -0.25) is 0 Å². The maximum atomic E-state index is 4.74. The highest BCUT2D eigenvalue weighted by Gasteiger charge is 1.65. The van der Waals surface area contributed by atoms with Gasteiger partial charge in [0.2, 0.25) is 0 Å². The van der Waals surface area contributed by atoms with Gasteiger partial charge < -0.3 is 4.84 Å². The Kier molecular flexibility index (Phi) is 5.92. The van der Waals surface area contributed by atoms with E-state index in [0.717, 1.165) is 0 Å². The second-order valence-electron chi connectivity index (χ2n) is 1.29. The van der Waals surface area contributed by atoms with Crippen molar-refractivity contribution in [3.63, 3.8) is 0 Å². The number of allylic oxidation sites excluding steroid dienone is 3. The molecule has 0 spiro atoms. The zero-order chi connectivity index (χ0) is 6.24. The summed E-state index contributed by atoms with van der Waals surface area (Å²) in [5.74, 6) is 4.74. The summed E-state index contributed by atoms with van der Waals surface area (Å²) >= 11 is 0. The predicted octanol–water partition coefficient (Wildman–Crippen LogP) is 1.01. The Bertz CT molecular complexity index is 86.5. The highest BCUT2D eigenvalue weighted by molar-refractivity contribution is 5.00. The van der Waals surface area contributed by atoms with Gasteiger partial charge in [-0.25, -0.2) is 5.90 Å². The summed E-state index contributed by atoms with van der Waals surface area (Å²) in [4.78, 5) is 4.27. The molecule has 0 amide bonds. The molecule has 0 rings (SSSR count). The fourth-order valence-electron chi connectivity index (χ4n) is 0.301. The fraction of sp³-hybridized carbons (Fsp3) is 0.333. The number of hydrogen-bond acceptors (Lipinski definition) is 2. The first kappa shape index (κ1) is 7.40. The molecule has 0 aromatic rings. The molecule has 0 aliphatic heterocycles. The average Bonchev–Trinajstić information content (AvgIpc) is 1.81. The van der Waals surface area contributed by atoms with Gasteiger partial charge in [-0.05, 0) is 6.92 Å². The Morgan fingerprint density at radius 3 is 2.75 bits per heavy atom. The Morgan fingerprint density at radius 1 is 1.50 bits per heavy atom. The fourth-order valence-corrected chi connectivity index (χ4v) is 0.301. The monoisotopic (exact) mass is 113 g/mol. The highest BCUT2D eigenvalue weighted by atomic mass is 16.6. The molecule has 0 saturated heterocycles. The van der Waals surface area contributed by atoms with Crippen LogP contribution in [0.5, 0.6) is 0 Å². The lowest BCUT2D eigenvalue weighted by molar-refractivity contribution is 0.168. The van der Waals surface area contributed by atoms with Gasteiger partial charge in [-0.15, -0.1) is 0 Å². The normalized spacial score (nSPS) is 11.8. The van der Waals surface area contributed by atoms with E-state index >= 15 is 0 Å². The summed E-state index contributed by atoms with van der Waals surface area (Å²) in [6.07, 6.45) is 7.57. The highest BCUT2D eigenvalue weighted by Crippen LogP contribution is 1.74. The summed E-state index contributed by atoms with van der Waals surface area (Å²) in [7, 11) is 0. The van der Waals surface area contributed by atoms with Crippen molar-refractivity contribution in [1.82, 2.24) is 0 Å². The van der Waals surface area contributed by atoms with Crippen molar-refractivity contribution < 1.29 is 4.84 Å². The molecule has 2 heteroatoms. The molecule has 0 radical (unpaired) electrons. The lowest BCUT2D eigenvalue weighted by Crippen LogP contribution is -1.96. The molecular formula is C6H11NO. The van der Waals surface area contributed by atoms with Gasteiger partial charge in [-0.1, -0.05) is 24.3 Å². The molecular weight excluding hydrogens is 102 g/mol.